The van der Waals surface area contributed by atoms with E-state index in [0.717, 1.165) is 31.3 Å². The molecule has 2 heteroatoms. The molecule has 2 rings (SSSR count). The Morgan fingerprint density at radius 2 is 1.89 bits per heavy atom. The third-order valence-corrected chi connectivity index (χ3v) is 4.80. The monoisotopic (exact) mass is 251 g/mol. The van der Waals surface area contributed by atoms with E-state index >= 15 is 0 Å². The van der Waals surface area contributed by atoms with Crippen molar-refractivity contribution in [2.45, 2.75) is 77.2 Å². The molecule has 0 radical (unpaired) electrons. The van der Waals surface area contributed by atoms with Gasteiger partial charge in [-0.15, -0.1) is 0 Å². The maximum atomic E-state index is 11.0. The van der Waals surface area contributed by atoms with Gasteiger partial charge in [-0.3, -0.25) is 0 Å². The zero-order chi connectivity index (χ0) is 12.8. The third-order valence-electron chi connectivity index (χ3n) is 4.80. The fourth-order valence-electron chi connectivity index (χ4n) is 3.80. The molecule has 0 N–H and O–H groups in total. The molecule has 1 atom stereocenters. The highest BCUT2D eigenvalue weighted by Crippen LogP contribution is 2.32. The van der Waals surface area contributed by atoms with Gasteiger partial charge in [-0.25, -0.2) is 0 Å². The van der Waals surface area contributed by atoms with Crippen molar-refractivity contribution in [1.29, 1.82) is 0 Å². The van der Waals surface area contributed by atoms with Crippen molar-refractivity contribution in [3.8, 4) is 0 Å². The summed E-state index contributed by atoms with van der Waals surface area (Å²) >= 11 is 0. The Labute approximate surface area is 112 Å². The quantitative estimate of drug-likeness (QED) is 0.716. The molecule has 0 amide bonds. The minimum absolute atomic E-state index is 0.345. The highest BCUT2D eigenvalue weighted by Gasteiger charge is 2.27. The Bertz CT molecular complexity index is 258. The average molecular weight is 251 g/mol. The molecule has 18 heavy (non-hydrogen) atoms. The minimum atomic E-state index is 0.345. The summed E-state index contributed by atoms with van der Waals surface area (Å²) in [7, 11) is 0. The van der Waals surface area contributed by atoms with Crippen LogP contribution in [0.25, 0.3) is 0 Å². The number of nitrogens with zero attached hydrogens (tertiary/aromatic N) is 1. The van der Waals surface area contributed by atoms with Crippen molar-refractivity contribution in [3.05, 3.63) is 0 Å². The highest BCUT2D eigenvalue weighted by atomic mass is 16.1. The standard InChI is InChI=1S/C16H29NO/c1-14(18)7-5-11-17-12-6-10-16(17)13-15-8-3-2-4-9-15/h15-16H,2-13H2,1H3. The SMILES string of the molecule is CC(=O)CCCN1CCCC1CC1CCCCC1. The fourth-order valence-corrected chi connectivity index (χ4v) is 3.80. The van der Waals surface area contributed by atoms with Gasteiger partial charge in [0.05, 0.1) is 0 Å². The molecular weight excluding hydrogens is 222 g/mol. The molecule has 0 bridgehead atoms. The van der Waals surface area contributed by atoms with Crippen molar-refractivity contribution in [3.63, 3.8) is 0 Å². The lowest BCUT2D eigenvalue weighted by Crippen LogP contribution is -2.32. The van der Waals surface area contributed by atoms with E-state index in [2.05, 4.69) is 4.90 Å². The van der Waals surface area contributed by atoms with E-state index in [1.807, 2.05) is 0 Å². The first-order chi connectivity index (χ1) is 8.75. The molecule has 2 aliphatic rings. The van der Waals surface area contributed by atoms with E-state index in [-0.39, 0.29) is 0 Å². The first kappa shape index (κ1) is 14.0. The van der Waals surface area contributed by atoms with Crippen LogP contribution in [0.4, 0.5) is 0 Å². The highest BCUT2D eigenvalue weighted by molar-refractivity contribution is 5.75. The van der Waals surface area contributed by atoms with Crippen LogP contribution in [0.5, 0.6) is 0 Å². The fraction of sp³-hybridized carbons (Fsp3) is 0.938. The maximum Gasteiger partial charge on any atom is 0.129 e. The number of hydrogen-bond acceptors (Lipinski definition) is 2. The predicted octanol–water partition coefficient (Wildman–Crippen LogP) is 3.79. The number of hydrogen-bond donors (Lipinski definition) is 0. The van der Waals surface area contributed by atoms with Gasteiger partial charge in [0.15, 0.2) is 0 Å². The molecule has 2 fully saturated rings. The largest absolute Gasteiger partial charge is 0.300 e. The predicted molar refractivity (Wildman–Crippen MR) is 75.7 cm³/mol. The molecule has 1 aliphatic carbocycles. The minimum Gasteiger partial charge on any atom is -0.300 e. The number of ketones is 1. The summed E-state index contributed by atoms with van der Waals surface area (Å²) in [4.78, 5) is 13.7. The van der Waals surface area contributed by atoms with Gasteiger partial charge in [0.2, 0.25) is 0 Å². The Morgan fingerprint density at radius 3 is 2.61 bits per heavy atom. The van der Waals surface area contributed by atoms with Gasteiger partial charge in [-0.1, -0.05) is 32.1 Å². The van der Waals surface area contributed by atoms with Crippen LogP contribution in [0.3, 0.4) is 0 Å². The summed E-state index contributed by atoms with van der Waals surface area (Å²) in [6.45, 7) is 4.13. The van der Waals surface area contributed by atoms with E-state index < -0.39 is 0 Å². The van der Waals surface area contributed by atoms with Gasteiger partial charge in [0.1, 0.15) is 5.78 Å². The van der Waals surface area contributed by atoms with Crippen LogP contribution >= 0.6 is 0 Å². The molecule has 2 nitrogen and oxygen atoms in total. The summed E-state index contributed by atoms with van der Waals surface area (Å²) < 4.78 is 0. The summed E-state index contributed by atoms with van der Waals surface area (Å²) in [5, 5.41) is 0. The third kappa shape index (κ3) is 4.38. The molecule has 1 heterocycles. The summed E-state index contributed by atoms with van der Waals surface area (Å²) in [6, 6.07) is 0.833. The molecule has 0 aromatic rings. The van der Waals surface area contributed by atoms with Gasteiger partial charge in [0, 0.05) is 12.5 Å². The lowest BCUT2D eigenvalue weighted by Gasteiger charge is -2.30. The molecule has 0 aromatic heterocycles. The van der Waals surface area contributed by atoms with Crippen LogP contribution < -0.4 is 0 Å². The Hall–Kier alpha value is -0.370. The van der Waals surface area contributed by atoms with E-state index in [1.165, 1.54) is 57.9 Å². The van der Waals surface area contributed by atoms with E-state index in [4.69, 9.17) is 0 Å². The number of rotatable bonds is 6. The molecule has 0 aromatic carbocycles. The molecule has 1 aliphatic heterocycles. The van der Waals surface area contributed by atoms with Gasteiger partial charge in [-0.05, 0) is 51.6 Å². The van der Waals surface area contributed by atoms with Crippen molar-refractivity contribution in [1.82, 2.24) is 4.90 Å². The molecule has 1 unspecified atom stereocenters. The van der Waals surface area contributed by atoms with Gasteiger partial charge in [0.25, 0.3) is 0 Å². The van der Waals surface area contributed by atoms with Crippen LogP contribution in [0.15, 0.2) is 0 Å². The second kappa shape index (κ2) is 7.28. The Balaban J connectivity index is 1.70. The number of likely N-dealkylation sites (tertiary alicyclic amines) is 1. The summed E-state index contributed by atoms with van der Waals surface area (Å²) in [5.41, 5.74) is 0. The molecule has 0 spiro atoms. The van der Waals surface area contributed by atoms with E-state index in [1.54, 1.807) is 6.92 Å². The molecular formula is C16H29NO. The summed E-state index contributed by atoms with van der Waals surface area (Å²) in [6.07, 6.45) is 13.4. The maximum absolute atomic E-state index is 11.0. The molecule has 1 saturated heterocycles. The topological polar surface area (TPSA) is 20.3 Å². The Morgan fingerprint density at radius 1 is 1.11 bits per heavy atom. The number of carbonyl (C=O) groups is 1. The van der Waals surface area contributed by atoms with Crippen LogP contribution in [0.2, 0.25) is 0 Å². The van der Waals surface area contributed by atoms with Crippen LogP contribution in [-0.2, 0) is 4.79 Å². The average Bonchev–Trinajstić information content (AvgIpc) is 2.78. The van der Waals surface area contributed by atoms with Gasteiger partial charge >= 0.3 is 0 Å². The van der Waals surface area contributed by atoms with Crippen molar-refractivity contribution in [2.75, 3.05) is 13.1 Å². The lowest BCUT2D eigenvalue weighted by molar-refractivity contribution is -0.117. The second-order valence-corrected chi connectivity index (χ2v) is 6.38. The first-order valence-corrected chi connectivity index (χ1v) is 7.99. The number of Topliss-reactive ketones (excluding diaryl/α,β-unsaturated/α-hetero) is 1. The number of carbonyl (C=O) groups excluding carboxylic acids is 1. The van der Waals surface area contributed by atoms with Crippen LogP contribution in [0.1, 0.15) is 71.1 Å². The van der Waals surface area contributed by atoms with E-state index in [9.17, 15) is 4.79 Å². The van der Waals surface area contributed by atoms with E-state index in [0.29, 0.717) is 5.78 Å². The smallest absolute Gasteiger partial charge is 0.129 e. The van der Waals surface area contributed by atoms with Crippen LogP contribution in [-0.4, -0.2) is 29.8 Å². The first-order valence-electron chi connectivity index (χ1n) is 7.99. The Kier molecular flexibility index (Phi) is 5.68. The van der Waals surface area contributed by atoms with Crippen LogP contribution in [0, 0.1) is 5.92 Å². The normalized spacial score (nSPS) is 26.6. The molecule has 1 saturated carbocycles. The summed E-state index contributed by atoms with van der Waals surface area (Å²) in [5.74, 6) is 1.34. The molecule has 104 valence electrons. The van der Waals surface area contributed by atoms with Crippen molar-refractivity contribution in [2.24, 2.45) is 5.92 Å². The zero-order valence-electron chi connectivity index (χ0n) is 12.0. The lowest BCUT2D eigenvalue weighted by atomic mass is 9.84. The van der Waals surface area contributed by atoms with Gasteiger partial charge < -0.3 is 9.69 Å². The van der Waals surface area contributed by atoms with Gasteiger partial charge in [-0.2, -0.15) is 0 Å². The second-order valence-electron chi connectivity index (χ2n) is 6.38. The zero-order valence-corrected chi connectivity index (χ0v) is 12.0. The van der Waals surface area contributed by atoms with Crippen molar-refractivity contribution < 1.29 is 4.79 Å². The van der Waals surface area contributed by atoms with Crippen molar-refractivity contribution >= 4 is 5.78 Å².